The zero-order chi connectivity index (χ0) is 16.9. The molecule has 126 valence electrons. The predicted octanol–water partition coefficient (Wildman–Crippen LogP) is 2.39. The number of hydrogen-bond donors (Lipinski definition) is 1. The standard InChI is InChI=1S/C19H22N2O3/c1-13-16(4-3-5-18(13)23-2)19(22)21-17-12-24-11-15(17)10-14-6-8-20-9-7-14/h3-9,15,17H,10-12H2,1-2H3,(H,21,22)/t15-,17+/m1/s1. The van der Waals surface area contributed by atoms with Crippen molar-refractivity contribution in [3.05, 3.63) is 59.4 Å². The molecule has 2 aromatic rings. The minimum Gasteiger partial charge on any atom is -0.496 e. The van der Waals surface area contributed by atoms with Gasteiger partial charge in [-0.1, -0.05) is 6.07 Å². The first-order chi connectivity index (χ1) is 11.7. The van der Waals surface area contributed by atoms with Gasteiger partial charge in [0.25, 0.3) is 5.91 Å². The normalized spacial score (nSPS) is 19.9. The van der Waals surface area contributed by atoms with Crippen molar-refractivity contribution >= 4 is 5.91 Å². The van der Waals surface area contributed by atoms with Gasteiger partial charge >= 0.3 is 0 Å². The Morgan fingerprint density at radius 2 is 2.08 bits per heavy atom. The van der Waals surface area contributed by atoms with Gasteiger partial charge in [-0.25, -0.2) is 0 Å². The summed E-state index contributed by atoms with van der Waals surface area (Å²) >= 11 is 0. The molecule has 2 heterocycles. The third-order valence-corrected chi connectivity index (χ3v) is 4.51. The average molecular weight is 326 g/mol. The van der Waals surface area contributed by atoms with Gasteiger partial charge in [0, 0.05) is 29.4 Å². The molecule has 1 fully saturated rings. The Kier molecular flexibility index (Phi) is 5.11. The second-order valence-electron chi connectivity index (χ2n) is 6.07. The summed E-state index contributed by atoms with van der Waals surface area (Å²) < 4.78 is 10.9. The van der Waals surface area contributed by atoms with Crippen LogP contribution in [0.5, 0.6) is 5.75 Å². The summed E-state index contributed by atoms with van der Waals surface area (Å²) in [4.78, 5) is 16.7. The molecule has 1 amide bonds. The highest BCUT2D eigenvalue weighted by atomic mass is 16.5. The summed E-state index contributed by atoms with van der Waals surface area (Å²) in [5.74, 6) is 0.905. The molecule has 1 aliphatic heterocycles. The number of pyridine rings is 1. The summed E-state index contributed by atoms with van der Waals surface area (Å²) in [6.07, 6.45) is 4.45. The van der Waals surface area contributed by atoms with Crippen LogP contribution < -0.4 is 10.1 Å². The highest BCUT2D eigenvalue weighted by Crippen LogP contribution is 2.23. The molecule has 1 aromatic carbocycles. The van der Waals surface area contributed by atoms with E-state index in [-0.39, 0.29) is 17.9 Å². The Morgan fingerprint density at radius 1 is 1.29 bits per heavy atom. The fourth-order valence-corrected chi connectivity index (χ4v) is 3.11. The molecule has 0 bridgehead atoms. The SMILES string of the molecule is COc1cccc(C(=O)N[C@H]2COC[C@H]2Cc2ccncc2)c1C. The van der Waals surface area contributed by atoms with Crippen LogP contribution in [0, 0.1) is 12.8 Å². The minimum atomic E-state index is -0.0818. The first-order valence-corrected chi connectivity index (χ1v) is 8.10. The van der Waals surface area contributed by atoms with Gasteiger partial charge in [0.2, 0.25) is 0 Å². The predicted molar refractivity (Wildman–Crippen MR) is 91.2 cm³/mol. The Balaban J connectivity index is 1.69. The fourth-order valence-electron chi connectivity index (χ4n) is 3.11. The molecule has 24 heavy (non-hydrogen) atoms. The summed E-state index contributed by atoms with van der Waals surface area (Å²) in [5, 5.41) is 3.12. The molecule has 0 aliphatic carbocycles. The third kappa shape index (κ3) is 3.57. The van der Waals surface area contributed by atoms with Crippen molar-refractivity contribution in [2.75, 3.05) is 20.3 Å². The van der Waals surface area contributed by atoms with E-state index in [1.165, 1.54) is 5.56 Å². The molecule has 5 nitrogen and oxygen atoms in total. The summed E-state index contributed by atoms with van der Waals surface area (Å²) in [7, 11) is 1.61. The maximum absolute atomic E-state index is 12.7. The average Bonchev–Trinajstić information content (AvgIpc) is 3.02. The number of methoxy groups -OCH3 is 1. The largest absolute Gasteiger partial charge is 0.496 e. The van der Waals surface area contributed by atoms with Crippen LogP contribution in [0.4, 0.5) is 0 Å². The summed E-state index contributed by atoms with van der Waals surface area (Å²) in [5.41, 5.74) is 2.70. The minimum absolute atomic E-state index is 0.0104. The molecule has 0 unspecified atom stereocenters. The molecule has 3 rings (SSSR count). The van der Waals surface area contributed by atoms with E-state index in [9.17, 15) is 4.79 Å². The number of carbonyl (C=O) groups excluding carboxylic acids is 1. The summed E-state index contributed by atoms with van der Waals surface area (Å²) in [6, 6.07) is 9.53. The van der Waals surface area contributed by atoms with E-state index in [0.717, 1.165) is 17.7 Å². The van der Waals surface area contributed by atoms with E-state index >= 15 is 0 Å². The zero-order valence-electron chi connectivity index (χ0n) is 14.0. The fraction of sp³-hybridized carbons (Fsp3) is 0.368. The Morgan fingerprint density at radius 3 is 2.83 bits per heavy atom. The van der Waals surface area contributed by atoms with Crippen LogP contribution in [-0.4, -0.2) is 37.3 Å². The highest BCUT2D eigenvalue weighted by molar-refractivity contribution is 5.96. The molecule has 1 aromatic heterocycles. The Labute approximate surface area is 142 Å². The van der Waals surface area contributed by atoms with E-state index in [4.69, 9.17) is 9.47 Å². The second-order valence-corrected chi connectivity index (χ2v) is 6.07. The number of rotatable bonds is 5. The van der Waals surface area contributed by atoms with Crippen molar-refractivity contribution < 1.29 is 14.3 Å². The quantitative estimate of drug-likeness (QED) is 0.916. The van der Waals surface area contributed by atoms with Crippen molar-refractivity contribution in [2.45, 2.75) is 19.4 Å². The molecule has 1 N–H and O–H groups in total. The van der Waals surface area contributed by atoms with Crippen molar-refractivity contribution in [3.8, 4) is 5.75 Å². The van der Waals surface area contributed by atoms with Gasteiger partial charge in [-0.15, -0.1) is 0 Å². The number of ether oxygens (including phenoxy) is 2. The van der Waals surface area contributed by atoms with E-state index < -0.39 is 0 Å². The lowest BCUT2D eigenvalue weighted by molar-refractivity contribution is 0.0924. The number of nitrogens with one attached hydrogen (secondary N) is 1. The van der Waals surface area contributed by atoms with Gasteiger partial charge in [0.1, 0.15) is 5.75 Å². The monoisotopic (exact) mass is 326 g/mol. The van der Waals surface area contributed by atoms with Crippen LogP contribution in [0.25, 0.3) is 0 Å². The number of aromatic nitrogens is 1. The number of amides is 1. The molecule has 0 saturated carbocycles. The van der Waals surface area contributed by atoms with Crippen molar-refractivity contribution in [2.24, 2.45) is 5.92 Å². The molecule has 1 saturated heterocycles. The maximum atomic E-state index is 12.7. The van der Waals surface area contributed by atoms with Gasteiger partial charge in [-0.2, -0.15) is 0 Å². The van der Waals surface area contributed by atoms with Crippen LogP contribution in [0.1, 0.15) is 21.5 Å². The topological polar surface area (TPSA) is 60.5 Å². The van der Waals surface area contributed by atoms with Crippen LogP contribution in [0.15, 0.2) is 42.7 Å². The van der Waals surface area contributed by atoms with Crippen LogP contribution >= 0.6 is 0 Å². The van der Waals surface area contributed by atoms with E-state index in [0.29, 0.717) is 18.8 Å². The van der Waals surface area contributed by atoms with E-state index in [1.807, 2.05) is 37.3 Å². The van der Waals surface area contributed by atoms with Crippen molar-refractivity contribution in [1.82, 2.24) is 10.3 Å². The molecular formula is C19H22N2O3. The Bertz CT molecular complexity index is 703. The van der Waals surface area contributed by atoms with Crippen LogP contribution in [0.2, 0.25) is 0 Å². The van der Waals surface area contributed by atoms with Gasteiger partial charge in [-0.05, 0) is 43.2 Å². The first-order valence-electron chi connectivity index (χ1n) is 8.10. The second kappa shape index (κ2) is 7.45. The van der Waals surface area contributed by atoms with E-state index in [2.05, 4.69) is 10.3 Å². The number of carbonyl (C=O) groups is 1. The van der Waals surface area contributed by atoms with E-state index in [1.54, 1.807) is 19.5 Å². The number of hydrogen-bond acceptors (Lipinski definition) is 4. The summed E-state index contributed by atoms with van der Waals surface area (Å²) in [6.45, 7) is 3.10. The molecule has 2 atom stereocenters. The molecule has 0 spiro atoms. The maximum Gasteiger partial charge on any atom is 0.251 e. The lowest BCUT2D eigenvalue weighted by atomic mass is 9.95. The lowest BCUT2D eigenvalue weighted by Crippen LogP contribution is -2.40. The van der Waals surface area contributed by atoms with Crippen molar-refractivity contribution in [3.63, 3.8) is 0 Å². The lowest BCUT2D eigenvalue weighted by Gasteiger charge is -2.20. The Hall–Kier alpha value is -2.40. The van der Waals surface area contributed by atoms with Gasteiger partial charge < -0.3 is 14.8 Å². The van der Waals surface area contributed by atoms with Crippen LogP contribution in [-0.2, 0) is 11.2 Å². The van der Waals surface area contributed by atoms with Crippen molar-refractivity contribution in [1.29, 1.82) is 0 Å². The van der Waals surface area contributed by atoms with Crippen LogP contribution in [0.3, 0.4) is 0 Å². The molecule has 1 aliphatic rings. The smallest absolute Gasteiger partial charge is 0.251 e. The third-order valence-electron chi connectivity index (χ3n) is 4.51. The highest BCUT2D eigenvalue weighted by Gasteiger charge is 2.30. The van der Waals surface area contributed by atoms with Gasteiger partial charge in [0.05, 0.1) is 26.4 Å². The first kappa shape index (κ1) is 16.5. The number of benzene rings is 1. The molecular weight excluding hydrogens is 304 g/mol. The molecule has 5 heteroatoms. The van der Waals surface area contributed by atoms with Gasteiger partial charge in [0.15, 0.2) is 0 Å². The van der Waals surface area contributed by atoms with Gasteiger partial charge in [-0.3, -0.25) is 9.78 Å². The zero-order valence-corrected chi connectivity index (χ0v) is 14.0. The number of nitrogens with zero attached hydrogens (tertiary/aromatic N) is 1. The molecule has 0 radical (unpaired) electrons.